The van der Waals surface area contributed by atoms with Gasteiger partial charge in [-0.1, -0.05) is 42.5 Å². The number of hydrogen-bond acceptors (Lipinski definition) is 5. The number of carbonyl (C=O) groups excluding carboxylic acids is 1. The van der Waals surface area contributed by atoms with E-state index >= 15 is 0 Å². The Bertz CT molecular complexity index is 1790. The molecule has 1 aromatic heterocycles. The number of para-hydroxylation sites is 3. The van der Waals surface area contributed by atoms with Gasteiger partial charge in [-0.3, -0.25) is 9.59 Å². The molecule has 0 spiro atoms. The lowest BCUT2D eigenvalue weighted by molar-refractivity contribution is -0.113. The zero-order valence-electron chi connectivity index (χ0n) is 22.3. The summed E-state index contributed by atoms with van der Waals surface area (Å²) >= 11 is 0. The van der Waals surface area contributed by atoms with Gasteiger partial charge in [-0.2, -0.15) is 0 Å². The van der Waals surface area contributed by atoms with E-state index in [0.29, 0.717) is 41.4 Å². The first-order valence-corrected chi connectivity index (χ1v) is 13.1. The summed E-state index contributed by atoms with van der Waals surface area (Å²) in [5.74, 6) is 0.348. The van der Waals surface area contributed by atoms with Crippen LogP contribution in [0.25, 0.3) is 33.5 Å². The summed E-state index contributed by atoms with van der Waals surface area (Å²) in [5.41, 5.74) is 4.74. The van der Waals surface area contributed by atoms with Crippen LogP contribution in [0.15, 0.2) is 89.7 Å². The van der Waals surface area contributed by atoms with Crippen LogP contribution in [0.5, 0.6) is 17.2 Å². The molecule has 1 aliphatic heterocycles. The Morgan fingerprint density at radius 1 is 0.775 bits per heavy atom. The van der Waals surface area contributed by atoms with E-state index in [2.05, 4.69) is 4.57 Å². The Morgan fingerprint density at radius 3 is 1.98 bits per heavy atom. The van der Waals surface area contributed by atoms with Crippen molar-refractivity contribution in [3.05, 3.63) is 106 Å². The first kappa shape index (κ1) is 25.2. The molecule has 7 nitrogen and oxygen atoms in total. The first-order chi connectivity index (χ1) is 19.5. The van der Waals surface area contributed by atoms with Crippen LogP contribution < -0.4 is 19.8 Å². The molecule has 0 unspecified atom stereocenters. The highest BCUT2D eigenvalue weighted by atomic mass is 16.5. The van der Waals surface area contributed by atoms with E-state index in [4.69, 9.17) is 9.47 Å². The van der Waals surface area contributed by atoms with Crippen molar-refractivity contribution in [3.8, 4) is 17.2 Å². The third-order valence-corrected chi connectivity index (χ3v) is 7.42. The maximum Gasteiger partial charge on any atom is 0.258 e. The molecular formula is C33H28N2O5. The summed E-state index contributed by atoms with van der Waals surface area (Å²) in [4.78, 5) is 28.6. The molecule has 4 aromatic carbocycles. The molecule has 0 aliphatic carbocycles. The lowest BCUT2D eigenvalue weighted by Gasteiger charge is -2.19. The molecule has 7 heteroatoms. The molecule has 1 amide bonds. The van der Waals surface area contributed by atoms with E-state index in [9.17, 15) is 14.7 Å². The van der Waals surface area contributed by atoms with Gasteiger partial charge in [0.1, 0.15) is 0 Å². The average molecular weight is 533 g/mol. The molecule has 200 valence electrons. The van der Waals surface area contributed by atoms with E-state index in [1.807, 2.05) is 77.7 Å². The number of amides is 1. The van der Waals surface area contributed by atoms with Crippen molar-refractivity contribution in [1.29, 1.82) is 0 Å². The van der Waals surface area contributed by atoms with Crippen LogP contribution in [-0.2, 0) is 11.3 Å². The predicted octanol–water partition coefficient (Wildman–Crippen LogP) is 5.86. The number of anilines is 1. The summed E-state index contributed by atoms with van der Waals surface area (Å²) in [6, 6.07) is 26.4. The number of nitrogens with zero attached hydrogens (tertiary/aromatic N) is 2. The predicted molar refractivity (Wildman–Crippen MR) is 158 cm³/mol. The number of fused-ring (bicyclic) bond motifs is 3. The monoisotopic (exact) mass is 532 g/mol. The average Bonchev–Trinajstić information content (AvgIpc) is 3.25. The van der Waals surface area contributed by atoms with Crippen LogP contribution in [0.3, 0.4) is 0 Å². The first-order valence-electron chi connectivity index (χ1n) is 13.1. The molecule has 0 radical (unpaired) electrons. The van der Waals surface area contributed by atoms with Crippen molar-refractivity contribution in [1.82, 2.24) is 4.57 Å². The SMILES string of the molecule is COc1cc(/C=C2\C(=O)N(CCCn3c4ccccc4c(=O)c4ccccc43)c3ccccc32)cc(OC)c1O. The third-order valence-electron chi connectivity index (χ3n) is 7.42. The molecule has 1 N–H and O–H groups in total. The van der Waals surface area contributed by atoms with Crippen molar-refractivity contribution in [3.63, 3.8) is 0 Å². The van der Waals surface area contributed by atoms with Gasteiger partial charge in [-0.05, 0) is 60.5 Å². The molecule has 5 aromatic rings. The lowest BCUT2D eigenvalue weighted by Crippen LogP contribution is -2.28. The van der Waals surface area contributed by atoms with E-state index in [-0.39, 0.29) is 28.6 Å². The van der Waals surface area contributed by atoms with Crippen LogP contribution in [0.4, 0.5) is 5.69 Å². The number of aromatic hydroxyl groups is 1. The molecule has 0 saturated heterocycles. The third kappa shape index (κ3) is 4.16. The summed E-state index contributed by atoms with van der Waals surface area (Å²) in [7, 11) is 2.94. The van der Waals surface area contributed by atoms with Crippen molar-refractivity contribution in [2.24, 2.45) is 0 Å². The van der Waals surface area contributed by atoms with Crippen molar-refractivity contribution < 1.29 is 19.4 Å². The highest BCUT2D eigenvalue weighted by molar-refractivity contribution is 6.35. The number of phenols is 1. The van der Waals surface area contributed by atoms with Crippen LogP contribution in [-0.4, -0.2) is 36.3 Å². The van der Waals surface area contributed by atoms with E-state index in [1.54, 1.807) is 18.2 Å². The minimum atomic E-state index is -0.0955. The van der Waals surface area contributed by atoms with Gasteiger partial charge < -0.3 is 24.0 Å². The fourth-order valence-corrected chi connectivity index (χ4v) is 5.54. The van der Waals surface area contributed by atoms with Crippen molar-refractivity contribution in [2.75, 3.05) is 25.7 Å². The Balaban J connectivity index is 1.33. The quantitative estimate of drug-likeness (QED) is 0.210. The van der Waals surface area contributed by atoms with Gasteiger partial charge in [0.15, 0.2) is 16.9 Å². The maximum absolute atomic E-state index is 13.8. The standard InChI is InChI=1S/C33H28N2O5/c1-39-29-19-21(20-30(40-2)32(29)37)18-25-22-10-3-6-13-26(22)35(33(25)38)17-9-16-34-27-14-7-4-11-23(27)31(36)24-12-5-8-15-28(24)34/h3-8,10-15,18-20,37H,9,16-17H2,1-2H3/b25-18-. The summed E-state index contributed by atoms with van der Waals surface area (Å²) in [6.45, 7) is 1.14. The molecule has 40 heavy (non-hydrogen) atoms. The van der Waals surface area contributed by atoms with E-state index < -0.39 is 0 Å². The summed E-state index contributed by atoms with van der Waals surface area (Å²) in [6.07, 6.45) is 2.49. The highest BCUT2D eigenvalue weighted by Crippen LogP contribution is 2.41. The fourth-order valence-electron chi connectivity index (χ4n) is 5.54. The normalized spacial score (nSPS) is 13.8. The van der Waals surface area contributed by atoms with Gasteiger partial charge in [0, 0.05) is 35.0 Å². The molecule has 0 saturated carbocycles. The number of aromatic nitrogens is 1. The Morgan fingerprint density at radius 2 is 1.35 bits per heavy atom. The van der Waals surface area contributed by atoms with E-state index in [0.717, 1.165) is 22.3 Å². The molecular weight excluding hydrogens is 504 g/mol. The second-order valence-electron chi connectivity index (χ2n) is 9.67. The van der Waals surface area contributed by atoms with Crippen LogP contribution in [0.1, 0.15) is 17.5 Å². The topological polar surface area (TPSA) is 81.0 Å². The van der Waals surface area contributed by atoms with Crippen LogP contribution in [0.2, 0.25) is 0 Å². The molecule has 1 aliphatic rings. The summed E-state index contributed by atoms with van der Waals surface area (Å²) < 4.78 is 12.8. The van der Waals surface area contributed by atoms with Gasteiger partial charge in [-0.15, -0.1) is 0 Å². The Kier molecular flexibility index (Phi) is 6.48. The Labute approximate surface area is 231 Å². The van der Waals surface area contributed by atoms with Crippen LogP contribution >= 0.6 is 0 Å². The number of aryl methyl sites for hydroxylation is 1. The number of ether oxygens (including phenoxy) is 2. The number of methoxy groups -OCH3 is 2. The van der Waals surface area contributed by atoms with E-state index in [1.165, 1.54) is 14.2 Å². The second kappa shape index (κ2) is 10.3. The number of carbonyl (C=O) groups is 1. The molecule has 2 heterocycles. The lowest BCUT2D eigenvalue weighted by atomic mass is 10.0. The van der Waals surface area contributed by atoms with Gasteiger partial charge in [-0.25, -0.2) is 0 Å². The number of benzene rings is 4. The molecule has 6 rings (SSSR count). The van der Waals surface area contributed by atoms with Gasteiger partial charge in [0.25, 0.3) is 5.91 Å². The van der Waals surface area contributed by atoms with Gasteiger partial charge in [0.05, 0.1) is 30.9 Å². The maximum atomic E-state index is 13.8. The zero-order chi connectivity index (χ0) is 27.8. The molecule has 0 atom stereocenters. The van der Waals surface area contributed by atoms with Gasteiger partial charge in [0.2, 0.25) is 5.75 Å². The van der Waals surface area contributed by atoms with Crippen molar-refractivity contribution >= 4 is 45.0 Å². The second-order valence-corrected chi connectivity index (χ2v) is 9.67. The highest BCUT2D eigenvalue weighted by Gasteiger charge is 2.31. The number of pyridine rings is 1. The fraction of sp³-hybridized carbons (Fsp3) is 0.152. The minimum Gasteiger partial charge on any atom is -0.502 e. The largest absolute Gasteiger partial charge is 0.502 e. The molecule has 0 bridgehead atoms. The van der Waals surface area contributed by atoms with Crippen LogP contribution in [0, 0.1) is 0 Å². The zero-order valence-corrected chi connectivity index (χ0v) is 22.3. The van der Waals surface area contributed by atoms with Gasteiger partial charge >= 0.3 is 0 Å². The summed E-state index contributed by atoms with van der Waals surface area (Å²) in [5, 5.41) is 11.7. The molecule has 0 fully saturated rings. The minimum absolute atomic E-state index is 0.0309. The smallest absolute Gasteiger partial charge is 0.258 e. The number of hydrogen-bond donors (Lipinski definition) is 1. The van der Waals surface area contributed by atoms with Crippen molar-refractivity contribution in [2.45, 2.75) is 13.0 Å². The Hall–Kier alpha value is -5.04. The number of phenolic OH excluding ortho intramolecular Hbond substituents is 1. The number of rotatable bonds is 7.